The van der Waals surface area contributed by atoms with E-state index < -0.39 is 12.1 Å². The lowest BCUT2D eigenvalue weighted by Gasteiger charge is -2.14. The SMILES string of the molecule is CCOC(Cc1ccc(OCCn2c(CC)nc(-c3ccccc3)cc2=O)cc1)C(=O)O.CNCc1ccccc1. The number of ether oxygens (including phenoxy) is 2. The van der Waals surface area contributed by atoms with Gasteiger partial charge >= 0.3 is 5.97 Å². The molecule has 0 spiro atoms. The third kappa shape index (κ3) is 10.0. The van der Waals surface area contributed by atoms with Crippen molar-refractivity contribution in [1.29, 1.82) is 0 Å². The number of nitrogens with one attached hydrogen (secondary N) is 1. The Kier molecular flexibility index (Phi) is 12.8. The molecule has 0 bridgehead atoms. The van der Waals surface area contributed by atoms with Gasteiger partial charge in [0.05, 0.1) is 12.2 Å². The first kappa shape index (κ1) is 31.3. The Bertz CT molecular complexity index is 1390. The zero-order valence-corrected chi connectivity index (χ0v) is 24.0. The smallest absolute Gasteiger partial charge is 0.333 e. The molecule has 1 heterocycles. The van der Waals surface area contributed by atoms with Gasteiger partial charge in [-0.1, -0.05) is 79.7 Å². The Morgan fingerprint density at radius 3 is 2.20 bits per heavy atom. The Morgan fingerprint density at radius 2 is 1.61 bits per heavy atom. The summed E-state index contributed by atoms with van der Waals surface area (Å²) < 4.78 is 12.7. The average molecular weight is 558 g/mol. The number of hydrogen-bond donors (Lipinski definition) is 2. The Hall–Kier alpha value is -4.27. The van der Waals surface area contributed by atoms with Gasteiger partial charge in [-0.25, -0.2) is 9.78 Å². The van der Waals surface area contributed by atoms with Crippen molar-refractivity contribution in [3.05, 3.63) is 118 Å². The van der Waals surface area contributed by atoms with Gasteiger partial charge in [0.25, 0.3) is 5.56 Å². The first-order valence-corrected chi connectivity index (χ1v) is 13.9. The summed E-state index contributed by atoms with van der Waals surface area (Å²) in [5.41, 5.74) is 3.66. The lowest BCUT2D eigenvalue weighted by molar-refractivity contribution is -0.149. The van der Waals surface area contributed by atoms with Crippen molar-refractivity contribution in [1.82, 2.24) is 14.9 Å². The fourth-order valence-electron chi connectivity index (χ4n) is 4.23. The van der Waals surface area contributed by atoms with Crippen molar-refractivity contribution in [2.75, 3.05) is 20.3 Å². The molecule has 8 nitrogen and oxygen atoms in total. The maximum atomic E-state index is 12.7. The summed E-state index contributed by atoms with van der Waals surface area (Å²) in [6, 6.07) is 28.8. The van der Waals surface area contributed by atoms with Gasteiger partial charge in [-0.05, 0) is 37.2 Å². The maximum absolute atomic E-state index is 12.7. The monoisotopic (exact) mass is 557 g/mol. The largest absolute Gasteiger partial charge is 0.492 e. The zero-order valence-electron chi connectivity index (χ0n) is 24.0. The van der Waals surface area contributed by atoms with Crippen molar-refractivity contribution in [3.63, 3.8) is 0 Å². The summed E-state index contributed by atoms with van der Waals surface area (Å²) in [4.78, 5) is 28.6. The summed E-state index contributed by atoms with van der Waals surface area (Å²) in [6.07, 6.45) is 0.0605. The minimum absolute atomic E-state index is 0.106. The molecule has 0 aliphatic carbocycles. The van der Waals surface area contributed by atoms with Crippen molar-refractivity contribution in [3.8, 4) is 17.0 Å². The number of nitrogens with zero attached hydrogens (tertiary/aromatic N) is 2. The summed E-state index contributed by atoms with van der Waals surface area (Å²) in [7, 11) is 1.95. The van der Waals surface area contributed by atoms with Crippen molar-refractivity contribution in [2.24, 2.45) is 0 Å². The molecule has 1 aromatic heterocycles. The molecule has 0 radical (unpaired) electrons. The minimum Gasteiger partial charge on any atom is -0.492 e. The van der Waals surface area contributed by atoms with E-state index >= 15 is 0 Å². The highest BCUT2D eigenvalue weighted by Crippen LogP contribution is 2.17. The van der Waals surface area contributed by atoms with Gasteiger partial charge in [-0.2, -0.15) is 0 Å². The Balaban J connectivity index is 0.000000436. The van der Waals surface area contributed by atoms with Crippen LogP contribution in [0.25, 0.3) is 11.3 Å². The number of aliphatic carboxylic acids is 1. The molecule has 1 atom stereocenters. The summed E-state index contributed by atoms with van der Waals surface area (Å²) in [6.45, 7) is 5.75. The molecule has 3 aromatic carbocycles. The quantitative estimate of drug-likeness (QED) is 0.239. The van der Waals surface area contributed by atoms with Gasteiger partial charge in [0, 0.05) is 37.6 Å². The fourth-order valence-corrected chi connectivity index (χ4v) is 4.23. The Labute approximate surface area is 241 Å². The summed E-state index contributed by atoms with van der Waals surface area (Å²) in [5.74, 6) is 0.388. The van der Waals surface area contributed by atoms with E-state index in [0.717, 1.165) is 17.7 Å². The standard InChI is InChI=1S/C25H28N2O5.C8H11N/c1-3-23-26-21(19-8-6-5-7-9-19)17-24(28)27(23)14-15-32-20-12-10-18(11-13-20)16-22(25(29)30)31-4-2;1-9-7-8-5-3-2-4-6-8/h5-13,17,22H,3-4,14-16H2,1-2H3,(H,29,30);2-6,9H,7H2,1H3. The van der Waals surface area contributed by atoms with Crippen molar-refractivity contribution < 1.29 is 19.4 Å². The lowest BCUT2D eigenvalue weighted by Crippen LogP contribution is -2.27. The third-order valence-corrected chi connectivity index (χ3v) is 6.27. The van der Waals surface area contributed by atoms with Gasteiger partial charge in [-0.15, -0.1) is 0 Å². The molecule has 0 saturated heterocycles. The molecular weight excluding hydrogens is 518 g/mol. The first-order valence-electron chi connectivity index (χ1n) is 13.9. The molecule has 41 heavy (non-hydrogen) atoms. The fraction of sp³-hybridized carbons (Fsp3) is 0.303. The molecule has 1 unspecified atom stereocenters. The molecule has 8 heteroatoms. The molecule has 0 aliphatic heterocycles. The highest BCUT2D eigenvalue weighted by Gasteiger charge is 2.17. The van der Waals surface area contributed by atoms with E-state index in [1.165, 1.54) is 5.56 Å². The molecule has 4 aromatic rings. The number of aryl methyl sites for hydroxylation is 1. The van der Waals surface area contributed by atoms with E-state index in [2.05, 4.69) is 22.4 Å². The van der Waals surface area contributed by atoms with E-state index in [1.54, 1.807) is 29.7 Å². The van der Waals surface area contributed by atoms with E-state index in [-0.39, 0.29) is 12.0 Å². The molecule has 0 saturated carbocycles. The van der Waals surface area contributed by atoms with Gasteiger partial charge in [0.2, 0.25) is 0 Å². The minimum atomic E-state index is -0.976. The van der Waals surface area contributed by atoms with Gasteiger partial charge in [-0.3, -0.25) is 9.36 Å². The van der Waals surface area contributed by atoms with E-state index in [9.17, 15) is 14.7 Å². The summed E-state index contributed by atoms with van der Waals surface area (Å²) in [5, 5.41) is 12.3. The second kappa shape index (κ2) is 16.7. The molecule has 2 N–H and O–H groups in total. The van der Waals surface area contributed by atoms with Crippen LogP contribution in [-0.2, 0) is 35.5 Å². The number of carbonyl (C=O) groups is 1. The van der Waals surface area contributed by atoms with Crippen LogP contribution in [0.4, 0.5) is 0 Å². The van der Waals surface area contributed by atoms with Gasteiger partial charge in [0.15, 0.2) is 6.10 Å². The normalized spacial score (nSPS) is 11.3. The number of carboxylic acid groups (broad SMARTS) is 1. The first-order chi connectivity index (χ1) is 19.9. The predicted octanol–water partition coefficient (Wildman–Crippen LogP) is 4.99. The molecular formula is C33H39N3O5. The molecule has 0 aliphatic rings. The summed E-state index contributed by atoms with van der Waals surface area (Å²) >= 11 is 0. The molecule has 216 valence electrons. The highest BCUT2D eigenvalue weighted by molar-refractivity contribution is 5.72. The van der Waals surface area contributed by atoms with E-state index in [4.69, 9.17) is 9.47 Å². The maximum Gasteiger partial charge on any atom is 0.333 e. The number of benzene rings is 3. The van der Waals surface area contributed by atoms with Crippen LogP contribution < -0.4 is 15.6 Å². The zero-order chi connectivity index (χ0) is 29.5. The van der Waals surface area contributed by atoms with Crippen LogP contribution in [0.15, 0.2) is 95.8 Å². The molecule has 0 amide bonds. The van der Waals surface area contributed by atoms with E-state index in [1.807, 2.05) is 74.6 Å². The molecule has 0 fully saturated rings. The van der Waals surface area contributed by atoms with Crippen LogP contribution >= 0.6 is 0 Å². The van der Waals surface area contributed by atoms with Crippen LogP contribution in [0.2, 0.25) is 0 Å². The number of rotatable bonds is 13. The van der Waals surface area contributed by atoms with Crippen LogP contribution in [-0.4, -0.2) is 47.0 Å². The van der Waals surface area contributed by atoms with Crippen molar-refractivity contribution in [2.45, 2.75) is 45.9 Å². The number of carboxylic acids is 1. The Morgan fingerprint density at radius 1 is 0.951 bits per heavy atom. The van der Waals surface area contributed by atoms with Crippen molar-refractivity contribution >= 4 is 5.97 Å². The van der Waals surface area contributed by atoms with Gasteiger partial charge < -0.3 is 19.9 Å². The van der Waals surface area contributed by atoms with Crippen LogP contribution in [0.3, 0.4) is 0 Å². The number of hydrogen-bond acceptors (Lipinski definition) is 6. The van der Waals surface area contributed by atoms with Crippen LogP contribution in [0.1, 0.15) is 30.8 Å². The van der Waals surface area contributed by atoms with Gasteiger partial charge in [0.1, 0.15) is 18.2 Å². The second-order valence-corrected chi connectivity index (χ2v) is 9.26. The van der Waals surface area contributed by atoms with Crippen LogP contribution in [0, 0.1) is 0 Å². The predicted molar refractivity (Wildman–Crippen MR) is 161 cm³/mol. The van der Waals surface area contributed by atoms with E-state index in [0.29, 0.717) is 43.4 Å². The second-order valence-electron chi connectivity index (χ2n) is 9.26. The molecule has 4 rings (SSSR count). The average Bonchev–Trinajstić information content (AvgIpc) is 2.99. The third-order valence-electron chi connectivity index (χ3n) is 6.27. The number of aromatic nitrogens is 2. The topological polar surface area (TPSA) is 103 Å². The lowest BCUT2D eigenvalue weighted by atomic mass is 10.1. The highest BCUT2D eigenvalue weighted by atomic mass is 16.5. The van der Waals surface area contributed by atoms with Crippen LogP contribution in [0.5, 0.6) is 5.75 Å².